The quantitative estimate of drug-likeness (QED) is 0.844. The summed E-state index contributed by atoms with van der Waals surface area (Å²) < 4.78 is 5.93. The molecule has 1 aromatic carbocycles. The van der Waals surface area contributed by atoms with Crippen molar-refractivity contribution in [2.45, 2.75) is 44.9 Å². The summed E-state index contributed by atoms with van der Waals surface area (Å²) in [5, 5.41) is 12.1. The van der Waals surface area contributed by atoms with Gasteiger partial charge in [-0.25, -0.2) is 4.79 Å². The van der Waals surface area contributed by atoms with Gasteiger partial charge in [0.1, 0.15) is 5.75 Å². The van der Waals surface area contributed by atoms with Gasteiger partial charge in [0.25, 0.3) is 0 Å². The molecule has 2 N–H and O–H groups in total. The summed E-state index contributed by atoms with van der Waals surface area (Å²) in [4.78, 5) is 13.4. The maximum atomic E-state index is 11.9. The number of hydrogen-bond donors (Lipinski definition) is 2. The zero-order valence-corrected chi connectivity index (χ0v) is 12.7. The summed E-state index contributed by atoms with van der Waals surface area (Å²) in [6, 6.07) is 7.59. The van der Waals surface area contributed by atoms with E-state index in [4.69, 9.17) is 4.74 Å². The van der Waals surface area contributed by atoms with E-state index in [0.717, 1.165) is 24.2 Å². The van der Waals surface area contributed by atoms with Gasteiger partial charge in [0.05, 0.1) is 12.2 Å². The van der Waals surface area contributed by atoms with Gasteiger partial charge < -0.3 is 20.1 Å². The lowest BCUT2D eigenvalue weighted by Crippen LogP contribution is -2.40. The molecule has 116 valence electrons. The van der Waals surface area contributed by atoms with Crippen LogP contribution in [-0.4, -0.2) is 41.8 Å². The average Bonchev–Trinajstić information content (AvgIpc) is 2.40. The monoisotopic (exact) mass is 292 g/mol. The standard InChI is InChI=1S/C16H24N2O3/c1-12(19)11-18(2)16(20)17-10-13-6-3-4-9-15(13)21-14-7-5-8-14/h3-4,6,9,12,14,19H,5,7-8,10-11H2,1-2H3,(H,17,20). The molecule has 1 unspecified atom stereocenters. The molecule has 1 atom stereocenters. The van der Waals surface area contributed by atoms with Crippen LogP contribution in [-0.2, 0) is 6.54 Å². The second-order valence-electron chi connectivity index (χ2n) is 5.67. The van der Waals surface area contributed by atoms with Crippen LogP contribution in [0.25, 0.3) is 0 Å². The van der Waals surface area contributed by atoms with Crippen molar-refractivity contribution < 1.29 is 14.6 Å². The van der Waals surface area contributed by atoms with Gasteiger partial charge in [0, 0.05) is 25.7 Å². The highest BCUT2D eigenvalue weighted by Crippen LogP contribution is 2.27. The maximum absolute atomic E-state index is 11.9. The molecule has 2 rings (SSSR count). The molecule has 1 saturated carbocycles. The van der Waals surface area contributed by atoms with Gasteiger partial charge in [0.15, 0.2) is 0 Å². The molecule has 1 aromatic rings. The predicted molar refractivity (Wildman–Crippen MR) is 81.3 cm³/mol. The van der Waals surface area contributed by atoms with Gasteiger partial charge in [-0.1, -0.05) is 18.2 Å². The van der Waals surface area contributed by atoms with E-state index in [0.29, 0.717) is 19.2 Å². The minimum atomic E-state index is -0.532. The molecule has 0 bridgehead atoms. The fourth-order valence-corrected chi connectivity index (χ4v) is 2.22. The Hall–Kier alpha value is -1.75. The summed E-state index contributed by atoms with van der Waals surface area (Å²) in [6.45, 7) is 2.39. The van der Waals surface area contributed by atoms with E-state index in [2.05, 4.69) is 5.32 Å². The molecule has 5 nitrogen and oxygen atoms in total. The highest BCUT2D eigenvalue weighted by Gasteiger charge is 2.20. The second-order valence-corrected chi connectivity index (χ2v) is 5.67. The average molecular weight is 292 g/mol. The van der Waals surface area contributed by atoms with Crippen LogP contribution < -0.4 is 10.1 Å². The van der Waals surface area contributed by atoms with Gasteiger partial charge in [-0.2, -0.15) is 0 Å². The van der Waals surface area contributed by atoms with Crippen molar-refractivity contribution in [1.82, 2.24) is 10.2 Å². The number of carbonyl (C=O) groups is 1. The number of para-hydroxylation sites is 1. The van der Waals surface area contributed by atoms with Crippen LogP contribution in [0.15, 0.2) is 24.3 Å². The summed E-state index contributed by atoms with van der Waals surface area (Å²) >= 11 is 0. The summed E-state index contributed by atoms with van der Waals surface area (Å²) in [5.41, 5.74) is 0.975. The van der Waals surface area contributed by atoms with Gasteiger partial charge in [0.2, 0.25) is 0 Å². The van der Waals surface area contributed by atoms with E-state index in [-0.39, 0.29) is 6.03 Å². The largest absolute Gasteiger partial charge is 0.490 e. The van der Waals surface area contributed by atoms with Gasteiger partial charge in [-0.15, -0.1) is 0 Å². The first-order valence-corrected chi connectivity index (χ1v) is 7.48. The zero-order valence-electron chi connectivity index (χ0n) is 12.7. The van der Waals surface area contributed by atoms with Crippen molar-refractivity contribution >= 4 is 6.03 Å². The molecule has 1 aliphatic carbocycles. The number of aliphatic hydroxyl groups excluding tert-OH is 1. The van der Waals surface area contributed by atoms with E-state index < -0.39 is 6.10 Å². The van der Waals surface area contributed by atoms with Crippen LogP contribution in [0.2, 0.25) is 0 Å². The lowest BCUT2D eigenvalue weighted by Gasteiger charge is -2.27. The predicted octanol–water partition coefficient (Wildman–Crippen LogP) is 2.14. The number of benzene rings is 1. The third-order valence-corrected chi connectivity index (χ3v) is 3.63. The number of aliphatic hydroxyl groups is 1. The van der Waals surface area contributed by atoms with Crippen molar-refractivity contribution in [1.29, 1.82) is 0 Å². The van der Waals surface area contributed by atoms with Crippen molar-refractivity contribution in [2.24, 2.45) is 0 Å². The summed E-state index contributed by atoms with van der Waals surface area (Å²) in [6.07, 6.45) is 3.23. The Morgan fingerprint density at radius 3 is 2.81 bits per heavy atom. The van der Waals surface area contributed by atoms with E-state index >= 15 is 0 Å². The number of rotatable bonds is 6. The van der Waals surface area contributed by atoms with Gasteiger partial charge in [-0.05, 0) is 32.3 Å². The third-order valence-electron chi connectivity index (χ3n) is 3.63. The summed E-state index contributed by atoms with van der Waals surface area (Å²) in [5.74, 6) is 0.848. The number of ether oxygens (including phenoxy) is 1. The topological polar surface area (TPSA) is 61.8 Å². The van der Waals surface area contributed by atoms with E-state index in [1.54, 1.807) is 14.0 Å². The molecule has 0 saturated heterocycles. The Labute approximate surface area is 125 Å². The van der Waals surface area contributed by atoms with Crippen LogP contribution in [0.5, 0.6) is 5.75 Å². The number of nitrogens with one attached hydrogen (secondary N) is 1. The van der Waals surface area contributed by atoms with E-state index in [1.165, 1.54) is 11.3 Å². The van der Waals surface area contributed by atoms with Crippen LogP contribution in [0.1, 0.15) is 31.7 Å². The first kappa shape index (κ1) is 15.6. The highest BCUT2D eigenvalue weighted by atomic mass is 16.5. The van der Waals surface area contributed by atoms with Gasteiger partial charge in [-0.3, -0.25) is 0 Å². The van der Waals surface area contributed by atoms with Crippen molar-refractivity contribution in [2.75, 3.05) is 13.6 Å². The molecular weight excluding hydrogens is 268 g/mol. The zero-order chi connectivity index (χ0) is 15.2. The molecule has 1 aliphatic rings. The maximum Gasteiger partial charge on any atom is 0.317 e. The molecule has 0 aromatic heterocycles. The third kappa shape index (κ3) is 4.63. The molecule has 0 radical (unpaired) electrons. The van der Waals surface area contributed by atoms with Crippen LogP contribution in [0.3, 0.4) is 0 Å². The minimum absolute atomic E-state index is 0.200. The lowest BCUT2D eigenvalue weighted by molar-refractivity contribution is 0.118. The fourth-order valence-electron chi connectivity index (χ4n) is 2.22. The summed E-state index contributed by atoms with van der Waals surface area (Å²) in [7, 11) is 1.67. The van der Waals surface area contributed by atoms with Gasteiger partial charge >= 0.3 is 6.03 Å². The van der Waals surface area contributed by atoms with E-state index in [1.807, 2.05) is 24.3 Å². The van der Waals surface area contributed by atoms with Crippen molar-refractivity contribution in [3.05, 3.63) is 29.8 Å². The normalized spacial score (nSPS) is 16.0. The van der Waals surface area contributed by atoms with Crippen LogP contribution in [0, 0.1) is 0 Å². The molecule has 5 heteroatoms. The Balaban J connectivity index is 1.88. The second kappa shape index (κ2) is 7.31. The van der Waals surface area contributed by atoms with Crippen molar-refractivity contribution in [3.63, 3.8) is 0 Å². The highest BCUT2D eigenvalue weighted by molar-refractivity contribution is 5.73. The Morgan fingerprint density at radius 2 is 2.19 bits per heavy atom. The smallest absolute Gasteiger partial charge is 0.317 e. The Morgan fingerprint density at radius 1 is 1.48 bits per heavy atom. The molecular formula is C16H24N2O3. The lowest BCUT2D eigenvalue weighted by atomic mass is 9.96. The van der Waals surface area contributed by atoms with E-state index in [9.17, 15) is 9.90 Å². The number of urea groups is 1. The molecule has 0 aliphatic heterocycles. The number of nitrogens with zero attached hydrogens (tertiary/aromatic N) is 1. The minimum Gasteiger partial charge on any atom is -0.490 e. The number of carbonyl (C=O) groups excluding carboxylic acids is 1. The molecule has 1 fully saturated rings. The van der Waals surface area contributed by atoms with Crippen LogP contribution >= 0.6 is 0 Å². The Kier molecular flexibility index (Phi) is 5.44. The molecule has 2 amide bonds. The first-order valence-electron chi connectivity index (χ1n) is 7.48. The fraction of sp³-hybridized carbons (Fsp3) is 0.562. The number of amides is 2. The molecule has 0 heterocycles. The first-order chi connectivity index (χ1) is 10.1. The Bertz CT molecular complexity index is 472. The van der Waals surface area contributed by atoms with Crippen molar-refractivity contribution in [3.8, 4) is 5.75 Å². The van der Waals surface area contributed by atoms with Crippen LogP contribution in [0.4, 0.5) is 4.79 Å². The molecule has 0 spiro atoms. The SMILES string of the molecule is CC(O)CN(C)C(=O)NCc1ccccc1OC1CCC1. The number of likely N-dealkylation sites (N-methyl/N-ethyl adjacent to an activating group) is 1. The number of hydrogen-bond acceptors (Lipinski definition) is 3. The molecule has 21 heavy (non-hydrogen) atoms.